The Morgan fingerprint density at radius 2 is 2.00 bits per heavy atom. The van der Waals surface area contributed by atoms with Crippen LogP contribution < -0.4 is 10.1 Å². The number of anilines is 1. The van der Waals surface area contributed by atoms with Crippen molar-refractivity contribution in [1.82, 2.24) is 4.98 Å². The molecule has 1 aromatic carbocycles. The molecule has 0 bridgehead atoms. The number of nitrogens with one attached hydrogen (secondary N) is 1. The summed E-state index contributed by atoms with van der Waals surface area (Å²) in [6.45, 7) is 1.82. The minimum atomic E-state index is -0.256. The molecule has 20 heavy (non-hydrogen) atoms. The third kappa shape index (κ3) is 4.35. The van der Waals surface area contributed by atoms with Gasteiger partial charge in [-0.1, -0.05) is 11.6 Å². The van der Waals surface area contributed by atoms with Gasteiger partial charge in [0.2, 0.25) is 0 Å². The fourth-order valence-corrected chi connectivity index (χ4v) is 1.90. The second-order valence-electron chi connectivity index (χ2n) is 4.05. The summed E-state index contributed by atoms with van der Waals surface area (Å²) in [4.78, 5) is 16.0. The SMILES string of the molecule is Cc1nc(NC(=O)COc2ccc(Cl)cc2)ccc1I. The van der Waals surface area contributed by atoms with Gasteiger partial charge >= 0.3 is 0 Å². The molecule has 1 N–H and O–H groups in total. The molecule has 0 atom stereocenters. The average molecular weight is 403 g/mol. The van der Waals surface area contributed by atoms with Gasteiger partial charge in [-0.15, -0.1) is 0 Å². The Bertz CT molecular complexity index is 617. The Morgan fingerprint density at radius 3 is 2.65 bits per heavy atom. The summed E-state index contributed by atoms with van der Waals surface area (Å²) in [5.41, 5.74) is 0.877. The van der Waals surface area contributed by atoms with Crippen LogP contribution in [0.25, 0.3) is 0 Å². The van der Waals surface area contributed by atoms with E-state index in [0.29, 0.717) is 16.6 Å². The van der Waals surface area contributed by atoms with Crippen LogP contribution in [0.4, 0.5) is 5.82 Å². The third-order valence-corrected chi connectivity index (χ3v) is 3.86. The zero-order chi connectivity index (χ0) is 14.5. The van der Waals surface area contributed by atoms with Crippen molar-refractivity contribution in [3.63, 3.8) is 0 Å². The van der Waals surface area contributed by atoms with Gasteiger partial charge in [-0.2, -0.15) is 0 Å². The number of hydrogen-bond acceptors (Lipinski definition) is 3. The number of halogens is 2. The normalized spacial score (nSPS) is 10.2. The van der Waals surface area contributed by atoms with Crippen molar-refractivity contribution in [3.8, 4) is 5.75 Å². The number of pyridine rings is 1. The van der Waals surface area contributed by atoms with Crippen molar-refractivity contribution in [2.75, 3.05) is 11.9 Å². The standard InChI is InChI=1S/C14H12ClIN2O2/c1-9-12(16)6-7-13(17-9)18-14(19)8-20-11-4-2-10(15)3-5-11/h2-7H,8H2,1H3,(H,17,18,19). The molecule has 0 aliphatic carbocycles. The number of carbonyl (C=O) groups excluding carboxylic acids is 1. The van der Waals surface area contributed by atoms with Crippen molar-refractivity contribution in [2.24, 2.45) is 0 Å². The lowest BCUT2D eigenvalue weighted by atomic mass is 10.3. The van der Waals surface area contributed by atoms with Gasteiger partial charge in [-0.25, -0.2) is 4.98 Å². The Hall–Kier alpha value is -1.34. The van der Waals surface area contributed by atoms with E-state index in [9.17, 15) is 4.79 Å². The first-order valence-electron chi connectivity index (χ1n) is 5.86. The Balaban J connectivity index is 1.89. The van der Waals surface area contributed by atoms with Crippen molar-refractivity contribution in [3.05, 3.63) is 50.7 Å². The van der Waals surface area contributed by atoms with Gasteiger partial charge in [0, 0.05) is 8.59 Å². The lowest BCUT2D eigenvalue weighted by Gasteiger charge is -2.08. The van der Waals surface area contributed by atoms with E-state index in [1.54, 1.807) is 30.3 Å². The number of nitrogens with zero attached hydrogens (tertiary/aromatic N) is 1. The zero-order valence-corrected chi connectivity index (χ0v) is 13.6. The average Bonchev–Trinajstić information content (AvgIpc) is 2.42. The zero-order valence-electron chi connectivity index (χ0n) is 10.7. The summed E-state index contributed by atoms with van der Waals surface area (Å²) in [6, 6.07) is 10.5. The number of amides is 1. The van der Waals surface area contributed by atoms with Crippen molar-refractivity contribution >= 4 is 45.9 Å². The molecule has 0 aliphatic rings. The van der Waals surface area contributed by atoms with Crippen LogP contribution in [-0.4, -0.2) is 17.5 Å². The summed E-state index contributed by atoms with van der Waals surface area (Å²) in [6.07, 6.45) is 0. The van der Waals surface area contributed by atoms with Gasteiger partial charge in [-0.05, 0) is 65.9 Å². The summed E-state index contributed by atoms with van der Waals surface area (Å²) < 4.78 is 6.40. The Labute approximate surface area is 135 Å². The molecule has 0 saturated carbocycles. The predicted octanol–water partition coefficient (Wildman–Crippen LogP) is 3.67. The van der Waals surface area contributed by atoms with Crippen LogP contribution in [0.2, 0.25) is 5.02 Å². The maximum Gasteiger partial charge on any atom is 0.263 e. The van der Waals surface area contributed by atoms with Gasteiger partial charge in [0.05, 0.1) is 5.69 Å². The van der Waals surface area contributed by atoms with Crippen molar-refractivity contribution in [1.29, 1.82) is 0 Å². The molecular weight excluding hydrogens is 391 g/mol. The quantitative estimate of drug-likeness (QED) is 0.794. The molecule has 104 valence electrons. The summed E-state index contributed by atoms with van der Waals surface area (Å²) in [5.74, 6) is 0.858. The molecule has 2 rings (SSSR count). The fraction of sp³-hybridized carbons (Fsp3) is 0.143. The first kappa shape index (κ1) is 15.1. The van der Waals surface area contributed by atoms with Crippen LogP contribution in [0.15, 0.2) is 36.4 Å². The molecule has 0 aliphatic heterocycles. The topological polar surface area (TPSA) is 51.2 Å². The van der Waals surface area contributed by atoms with Crippen LogP contribution in [-0.2, 0) is 4.79 Å². The minimum absolute atomic E-state index is 0.0751. The monoisotopic (exact) mass is 402 g/mol. The highest BCUT2D eigenvalue weighted by atomic mass is 127. The van der Waals surface area contributed by atoms with Gasteiger partial charge < -0.3 is 10.1 Å². The molecule has 1 heterocycles. The van der Waals surface area contributed by atoms with E-state index >= 15 is 0 Å². The minimum Gasteiger partial charge on any atom is -0.484 e. The number of hydrogen-bond donors (Lipinski definition) is 1. The van der Waals surface area contributed by atoms with E-state index < -0.39 is 0 Å². The molecule has 4 nitrogen and oxygen atoms in total. The van der Waals surface area contributed by atoms with Crippen LogP contribution in [0.1, 0.15) is 5.69 Å². The molecule has 0 unspecified atom stereocenters. The molecule has 1 aromatic heterocycles. The highest BCUT2D eigenvalue weighted by Crippen LogP contribution is 2.16. The van der Waals surface area contributed by atoms with Crippen LogP contribution in [0.5, 0.6) is 5.75 Å². The van der Waals surface area contributed by atoms with Crippen LogP contribution >= 0.6 is 34.2 Å². The van der Waals surface area contributed by atoms with Gasteiger partial charge in [0.15, 0.2) is 6.61 Å². The largest absolute Gasteiger partial charge is 0.484 e. The van der Waals surface area contributed by atoms with Crippen LogP contribution in [0, 0.1) is 10.5 Å². The number of carbonyl (C=O) groups is 1. The maximum atomic E-state index is 11.7. The number of aryl methyl sites for hydroxylation is 1. The molecular formula is C14H12ClIN2O2. The number of ether oxygens (including phenoxy) is 1. The predicted molar refractivity (Wildman–Crippen MR) is 87.3 cm³/mol. The molecule has 0 fully saturated rings. The van der Waals surface area contributed by atoms with Crippen molar-refractivity contribution < 1.29 is 9.53 Å². The second-order valence-corrected chi connectivity index (χ2v) is 5.65. The molecule has 0 spiro atoms. The Morgan fingerprint density at radius 1 is 1.30 bits per heavy atom. The van der Waals surface area contributed by atoms with E-state index in [-0.39, 0.29) is 12.5 Å². The number of benzene rings is 1. The molecule has 6 heteroatoms. The Kier molecular flexibility index (Phi) is 5.19. The van der Waals surface area contributed by atoms with E-state index in [4.69, 9.17) is 16.3 Å². The summed E-state index contributed by atoms with van der Waals surface area (Å²) in [7, 11) is 0. The first-order valence-corrected chi connectivity index (χ1v) is 7.31. The van der Waals surface area contributed by atoms with E-state index in [2.05, 4.69) is 32.9 Å². The third-order valence-electron chi connectivity index (χ3n) is 2.47. The second kappa shape index (κ2) is 6.90. The van der Waals surface area contributed by atoms with E-state index in [1.165, 1.54) is 0 Å². The number of rotatable bonds is 4. The molecule has 1 amide bonds. The molecule has 0 saturated heterocycles. The fourth-order valence-electron chi connectivity index (χ4n) is 1.47. The lowest BCUT2D eigenvalue weighted by molar-refractivity contribution is -0.118. The van der Waals surface area contributed by atoms with E-state index in [0.717, 1.165) is 9.26 Å². The van der Waals surface area contributed by atoms with Crippen LogP contribution in [0.3, 0.4) is 0 Å². The van der Waals surface area contributed by atoms with E-state index in [1.807, 2.05) is 13.0 Å². The highest BCUT2D eigenvalue weighted by Gasteiger charge is 2.06. The highest BCUT2D eigenvalue weighted by molar-refractivity contribution is 14.1. The molecule has 0 radical (unpaired) electrons. The molecule has 2 aromatic rings. The lowest BCUT2D eigenvalue weighted by Crippen LogP contribution is -2.20. The maximum absolute atomic E-state index is 11.7. The van der Waals surface area contributed by atoms with Crippen molar-refractivity contribution in [2.45, 2.75) is 6.92 Å². The van der Waals surface area contributed by atoms with Gasteiger partial charge in [0.1, 0.15) is 11.6 Å². The number of aromatic nitrogens is 1. The van der Waals surface area contributed by atoms with Gasteiger partial charge in [-0.3, -0.25) is 4.79 Å². The summed E-state index contributed by atoms with van der Waals surface area (Å²) >= 11 is 7.96. The summed E-state index contributed by atoms with van der Waals surface area (Å²) in [5, 5.41) is 3.31. The first-order chi connectivity index (χ1) is 9.54. The smallest absolute Gasteiger partial charge is 0.263 e. The van der Waals surface area contributed by atoms with Gasteiger partial charge in [0.25, 0.3) is 5.91 Å².